The number of amides is 3. The molecule has 1 N–H and O–H groups in total. The molecule has 0 aliphatic heterocycles. The minimum absolute atomic E-state index is 0.114. The molecule has 3 amide bonds. The van der Waals surface area contributed by atoms with Crippen molar-refractivity contribution >= 4 is 40.8 Å². The Kier molecular flexibility index (Phi) is 13.4. The minimum Gasteiger partial charge on any atom is -0.481 e. The Morgan fingerprint density at radius 1 is 1.20 bits per heavy atom. The summed E-state index contributed by atoms with van der Waals surface area (Å²) in [6.45, 7) is 12.7. The topological polar surface area (TPSA) is 104 Å². The van der Waals surface area contributed by atoms with Crippen molar-refractivity contribution in [2.24, 2.45) is 10.9 Å². The van der Waals surface area contributed by atoms with Crippen LogP contribution in [0.15, 0.2) is 47.0 Å². The van der Waals surface area contributed by atoms with Crippen LogP contribution in [-0.4, -0.2) is 31.5 Å². The number of unbranched alkanes of at least 4 members (excludes halogenated alkanes) is 1. The van der Waals surface area contributed by atoms with Gasteiger partial charge in [0.1, 0.15) is 23.1 Å². The van der Waals surface area contributed by atoms with E-state index in [-0.39, 0.29) is 11.5 Å². The number of ether oxygens (including phenoxy) is 2. The van der Waals surface area contributed by atoms with Gasteiger partial charge in [-0.3, -0.25) is 15.0 Å². The number of carbonyl (C=O) groups is 2. The number of hydrogen-bond acceptors (Lipinski definition) is 6. The van der Waals surface area contributed by atoms with Gasteiger partial charge in [-0.05, 0) is 74.1 Å². The highest BCUT2D eigenvalue weighted by atomic mass is 35.5. The average Bonchev–Trinajstić information content (AvgIpc) is 2.96. The Morgan fingerprint density at radius 3 is 2.51 bits per heavy atom. The monoisotopic (exact) mass is 580 g/mol. The zero-order chi connectivity index (χ0) is 30.5. The van der Waals surface area contributed by atoms with Crippen molar-refractivity contribution in [1.29, 1.82) is 5.26 Å². The molecule has 0 spiro atoms. The largest absolute Gasteiger partial charge is 0.481 e. The number of nitrogens with zero attached hydrogens (tertiary/aromatic N) is 3. The highest BCUT2D eigenvalue weighted by Crippen LogP contribution is 2.38. The Morgan fingerprint density at radius 2 is 1.93 bits per heavy atom. The first-order valence-corrected chi connectivity index (χ1v) is 14.5. The molecule has 2 aromatic carbocycles. The second kappa shape index (κ2) is 16.4. The van der Waals surface area contributed by atoms with Gasteiger partial charge in [0.15, 0.2) is 5.90 Å². The molecule has 0 saturated heterocycles. The van der Waals surface area contributed by atoms with E-state index in [2.05, 4.69) is 26.1 Å². The fourth-order valence-corrected chi connectivity index (χ4v) is 4.07. The summed E-state index contributed by atoms with van der Waals surface area (Å²) in [5.74, 6) is 1.29. The standard InChI is InChI=1S/C32H41ClN4O4/c1-8-12-16-40-31(21(5)10-3)35-28-15-14-26(17-22(28)6)41-29-23(11-4)18-25(19-27(29)33)37(7)32(39)36-30(38)24(20-34)13-9-2/h13-15,17-19,21H,8-12,16H2,1-7H3,(H,36,38,39)/b24-13+,35-31?. The van der Waals surface area contributed by atoms with Crippen molar-refractivity contribution in [2.45, 2.75) is 73.6 Å². The summed E-state index contributed by atoms with van der Waals surface area (Å²) >= 11 is 6.64. The number of hydrogen-bond donors (Lipinski definition) is 1. The lowest BCUT2D eigenvalue weighted by molar-refractivity contribution is -0.116. The minimum atomic E-state index is -0.750. The van der Waals surface area contributed by atoms with Crippen molar-refractivity contribution < 1.29 is 19.1 Å². The first-order chi connectivity index (χ1) is 19.6. The van der Waals surface area contributed by atoms with E-state index >= 15 is 0 Å². The molecule has 220 valence electrons. The van der Waals surface area contributed by atoms with Crippen LogP contribution in [0.5, 0.6) is 11.5 Å². The van der Waals surface area contributed by atoms with Gasteiger partial charge in [-0.2, -0.15) is 5.26 Å². The molecule has 0 fully saturated rings. The first-order valence-electron chi connectivity index (χ1n) is 14.1. The Balaban J connectivity index is 2.29. The van der Waals surface area contributed by atoms with Gasteiger partial charge in [0.05, 0.1) is 17.3 Å². The molecule has 1 atom stereocenters. The van der Waals surface area contributed by atoms with Gasteiger partial charge in [0, 0.05) is 18.7 Å². The van der Waals surface area contributed by atoms with Gasteiger partial charge in [-0.25, -0.2) is 9.79 Å². The van der Waals surface area contributed by atoms with Gasteiger partial charge in [0.25, 0.3) is 5.91 Å². The number of carbonyl (C=O) groups excluding carboxylic acids is 2. The van der Waals surface area contributed by atoms with E-state index in [1.54, 1.807) is 25.1 Å². The van der Waals surface area contributed by atoms with Gasteiger partial charge in [-0.1, -0.05) is 58.7 Å². The lowest BCUT2D eigenvalue weighted by atomic mass is 10.1. The summed E-state index contributed by atoms with van der Waals surface area (Å²) in [5.41, 5.74) is 2.89. The summed E-state index contributed by atoms with van der Waals surface area (Å²) in [6, 6.07) is 10.2. The fourth-order valence-electron chi connectivity index (χ4n) is 3.80. The van der Waals surface area contributed by atoms with Crippen LogP contribution < -0.4 is 15.0 Å². The summed E-state index contributed by atoms with van der Waals surface area (Å²) in [6.07, 6.45) is 5.53. The van der Waals surface area contributed by atoms with Crippen LogP contribution in [-0.2, 0) is 16.0 Å². The average molecular weight is 581 g/mol. The van der Waals surface area contributed by atoms with Crippen molar-refractivity contribution in [1.82, 2.24) is 5.32 Å². The molecule has 0 aromatic heterocycles. The summed E-state index contributed by atoms with van der Waals surface area (Å²) in [4.78, 5) is 31.1. The van der Waals surface area contributed by atoms with Gasteiger partial charge in [0.2, 0.25) is 0 Å². The zero-order valence-corrected chi connectivity index (χ0v) is 25.9. The second-order valence-corrected chi connectivity index (χ2v) is 10.1. The summed E-state index contributed by atoms with van der Waals surface area (Å²) < 4.78 is 12.2. The smallest absolute Gasteiger partial charge is 0.328 e. The van der Waals surface area contributed by atoms with E-state index < -0.39 is 11.9 Å². The maximum atomic E-state index is 12.7. The number of rotatable bonds is 12. The number of benzene rings is 2. The van der Waals surface area contributed by atoms with Gasteiger partial charge < -0.3 is 9.47 Å². The SMILES string of the molecule is CC/C=C(\C#N)C(=O)NC(=O)N(C)c1cc(Cl)c(Oc2ccc(N=C(OCCCC)C(C)CC)c(C)c2)c(CC)c1. The van der Waals surface area contributed by atoms with Crippen molar-refractivity contribution in [2.75, 3.05) is 18.6 Å². The van der Waals surface area contributed by atoms with E-state index in [1.165, 1.54) is 18.0 Å². The zero-order valence-electron chi connectivity index (χ0n) is 25.1. The molecule has 2 rings (SSSR count). The van der Waals surface area contributed by atoms with E-state index in [4.69, 9.17) is 31.3 Å². The molecule has 1 unspecified atom stereocenters. The molecule has 8 nitrogen and oxygen atoms in total. The molecule has 0 aliphatic rings. The van der Waals surface area contributed by atoms with Crippen molar-refractivity contribution in [3.8, 4) is 17.6 Å². The predicted octanol–water partition coefficient (Wildman–Crippen LogP) is 8.43. The number of anilines is 1. The lowest BCUT2D eigenvalue weighted by Gasteiger charge is -2.21. The van der Waals surface area contributed by atoms with E-state index in [1.807, 2.05) is 32.0 Å². The molecular formula is C32H41ClN4O4. The number of aliphatic imine (C=N–C) groups is 1. The molecule has 0 saturated carbocycles. The molecule has 9 heteroatoms. The highest BCUT2D eigenvalue weighted by molar-refractivity contribution is 6.32. The maximum absolute atomic E-state index is 12.7. The Bertz CT molecular complexity index is 1330. The van der Waals surface area contributed by atoms with Crippen LogP contribution >= 0.6 is 11.6 Å². The Hall–Kier alpha value is -3.83. The molecule has 41 heavy (non-hydrogen) atoms. The Labute approximate surface area is 249 Å². The molecule has 0 aliphatic carbocycles. The lowest BCUT2D eigenvalue weighted by Crippen LogP contribution is -2.41. The van der Waals surface area contributed by atoms with Gasteiger partial charge in [-0.15, -0.1) is 0 Å². The highest BCUT2D eigenvalue weighted by Gasteiger charge is 2.20. The third-order valence-electron chi connectivity index (χ3n) is 6.57. The second-order valence-electron chi connectivity index (χ2n) is 9.74. The van der Waals surface area contributed by atoms with Crippen LogP contribution in [0, 0.1) is 24.2 Å². The number of imide groups is 1. The molecule has 2 aromatic rings. The van der Waals surface area contributed by atoms with Crippen LogP contribution in [0.1, 0.15) is 71.4 Å². The third-order valence-corrected chi connectivity index (χ3v) is 6.85. The van der Waals surface area contributed by atoms with Crippen molar-refractivity contribution in [3.05, 3.63) is 58.1 Å². The predicted molar refractivity (Wildman–Crippen MR) is 165 cm³/mol. The maximum Gasteiger partial charge on any atom is 0.328 e. The van der Waals surface area contributed by atoms with Crippen molar-refractivity contribution in [3.63, 3.8) is 0 Å². The number of urea groups is 1. The first kappa shape index (κ1) is 33.4. The van der Waals surface area contributed by atoms with Crippen LogP contribution in [0.25, 0.3) is 0 Å². The normalized spacial score (nSPS) is 12.4. The molecule has 0 bridgehead atoms. The number of aryl methyl sites for hydroxylation is 2. The number of allylic oxidation sites excluding steroid dienone is 1. The van der Waals surface area contributed by atoms with E-state index in [9.17, 15) is 9.59 Å². The molecular weight excluding hydrogens is 540 g/mol. The van der Waals surface area contributed by atoms with Gasteiger partial charge >= 0.3 is 6.03 Å². The number of nitriles is 1. The van der Waals surface area contributed by atoms with E-state index in [0.717, 1.165) is 42.0 Å². The number of nitrogens with one attached hydrogen (secondary N) is 1. The number of halogens is 1. The van der Waals surface area contributed by atoms with Crippen LogP contribution in [0.4, 0.5) is 16.2 Å². The van der Waals surface area contributed by atoms with E-state index in [0.29, 0.717) is 41.7 Å². The fraction of sp³-hybridized carbons (Fsp3) is 0.438. The summed E-state index contributed by atoms with van der Waals surface area (Å²) in [7, 11) is 1.52. The van der Waals surface area contributed by atoms with Crippen LogP contribution in [0.2, 0.25) is 5.02 Å². The third kappa shape index (κ3) is 9.36. The molecule has 0 heterocycles. The summed E-state index contributed by atoms with van der Waals surface area (Å²) in [5, 5.41) is 11.7. The van der Waals surface area contributed by atoms with Crippen LogP contribution in [0.3, 0.4) is 0 Å². The quantitative estimate of drug-likeness (QED) is 0.0891. The molecule has 0 radical (unpaired) electrons.